The Labute approximate surface area is 159 Å². The molecule has 1 aliphatic carbocycles. The van der Waals surface area contributed by atoms with Crippen LogP contribution in [0.3, 0.4) is 0 Å². The molecule has 0 fully saturated rings. The Hall–Kier alpha value is -2.66. The van der Waals surface area contributed by atoms with Gasteiger partial charge in [0.05, 0.1) is 18.4 Å². The van der Waals surface area contributed by atoms with Crippen LogP contribution in [0.15, 0.2) is 64.2 Å². The van der Waals surface area contributed by atoms with E-state index in [1.54, 1.807) is 13.2 Å². The third-order valence-electron chi connectivity index (χ3n) is 4.59. The Morgan fingerprint density at radius 2 is 1.85 bits per heavy atom. The molecule has 0 unspecified atom stereocenters. The van der Waals surface area contributed by atoms with Gasteiger partial charge < -0.3 is 9.57 Å². The fraction of sp³-hybridized carbons (Fsp3) is 0.143. The van der Waals surface area contributed by atoms with Gasteiger partial charge in [0.1, 0.15) is 5.75 Å². The van der Waals surface area contributed by atoms with Gasteiger partial charge in [0.15, 0.2) is 0 Å². The van der Waals surface area contributed by atoms with Crippen LogP contribution in [0.5, 0.6) is 5.75 Å². The Balaban J connectivity index is 1.66. The molecule has 0 amide bonds. The van der Waals surface area contributed by atoms with Crippen molar-refractivity contribution in [3.05, 3.63) is 75.8 Å². The second-order valence-electron chi connectivity index (χ2n) is 6.05. The summed E-state index contributed by atoms with van der Waals surface area (Å²) in [6.45, 7) is 0. The van der Waals surface area contributed by atoms with Crippen molar-refractivity contribution in [3.8, 4) is 5.75 Å². The predicted molar refractivity (Wildman–Crippen MR) is 105 cm³/mol. The fourth-order valence-corrected chi connectivity index (χ4v) is 3.87. The van der Waals surface area contributed by atoms with Crippen LogP contribution in [-0.4, -0.2) is 18.8 Å². The molecule has 26 heavy (non-hydrogen) atoms. The van der Waals surface area contributed by atoms with Crippen molar-refractivity contribution < 1.29 is 14.4 Å². The van der Waals surface area contributed by atoms with E-state index in [-0.39, 0.29) is 0 Å². The number of ether oxygens (including phenoxy) is 1. The van der Waals surface area contributed by atoms with Crippen LogP contribution in [0, 0.1) is 0 Å². The molecule has 1 aliphatic rings. The number of nitrogens with zero attached hydrogens (tertiary/aromatic N) is 1. The molecule has 0 bridgehead atoms. The Morgan fingerprint density at radius 1 is 1.04 bits per heavy atom. The highest BCUT2D eigenvalue weighted by molar-refractivity contribution is 9.10. The van der Waals surface area contributed by atoms with E-state index in [4.69, 9.17) is 9.57 Å². The highest BCUT2D eigenvalue weighted by atomic mass is 79.9. The quantitative estimate of drug-likeness (QED) is 0.445. The van der Waals surface area contributed by atoms with Crippen LogP contribution in [0.2, 0.25) is 0 Å². The standard InChI is InChI=1S/C21H16BrNO3/c1-25-19-12-10-17(22)16-9-11-18(20(16)19)23-26-21(24)15-8-4-6-13-5-2-3-7-14(13)15/h2-8,10,12H,9,11H2,1H3/b23-18-. The van der Waals surface area contributed by atoms with E-state index < -0.39 is 5.97 Å². The minimum Gasteiger partial charge on any atom is -0.496 e. The van der Waals surface area contributed by atoms with Gasteiger partial charge in [0.2, 0.25) is 0 Å². The minimum absolute atomic E-state index is 0.461. The Bertz CT molecular complexity index is 1040. The molecule has 0 heterocycles. The number of benzene rings is 3. The summed E-state index contributed by atoms with van der Waals surface area (Å²) in [4.78, 5) is 17.9. The molecule has 3 aromatic rings. The molecule has 0 saturated heterocycles. The molecule has 4 nitrogen and oxygen atoms in total. The van der Waals surface area contributed by atoms with Crippen LogP contribution in [0.1, 0.15) is 27.9 Å². The molecule has 4 rings (SSSR count). The molecule has 0 saturated carbocycles. The minimum atomic E-state index is -0.461. The summed E-state index contributed by atoms with van der Waals surface area (Å²) in [5.74, 6) is 0.275. The number of hydrogen-bond acceptors (Lipinski definition) is 4. The van der Waals surface area contributed by atoms with Crippen LogP contribution in [0.25, 0.3) is 10.8 Å². The summed E-state index contributed by atoms with van der Waals surface area (Å²) >= 11 is 3.56. The van der Waals surface area contributed by atoms with E-state index >= 15 is 0 Å². The smallest absolute Gasteiger partial charge is 0.366 e. The van der Waals surface area contributed by atoms with Crippen LogP contribution >= 0.6 is 15.9 Å². The maximum Gasteiger partial charge on any atom is 0.366 e. The lowest BCUT2D eigenvalue weighted by Gasteiger charge is -2.09. The van der Waals surface area contributed by atoms with Gasteiger partial charge >= 0.3 is 5.97 Å². The number of halogens is 1. The number of oxime groups is 1. The van der Waals surface area contributed by atoms with Crippen LogP contribution in [-0.2, 0) is 11.3 Å². The number of carbonyl (C=O) groups excluding carboxylic acids is 1. The zero-order valence-electron chi connectivity index (χ0n) is 14.2. The van der Waals surface area contributed by atoms with Crippen LogP contribution < -0.4 is 4.74 Å². The summed E-state index contributed by atoms with van der Waals surface area (Å²) in [5.41, 5.74) is 3.27. The molecule has 0 radical (unpaired) electrons. The van der Waals surface area contributed by atoms with Gasteiger partial charge in [0.25, 0.3) is 0 Å². The Kier molecular flexibility index (Phi) is 4.47. The van der Waals surface area contributed by atoms with Crippen molar-refractivity contribution in [1.29, 1.82) is 0 Å². The summed E-state index contributed by atoms with van der Waals surface area (Å²) < 4.78 is 6.46. The second kappa shape index (κ2) is 6.92. The maximum atomic E-state index is 12.6. The monoisotopic (exact) mass is 409 g/mol. The van der Waals surface area contributed by atoms with Crippen molar-refractivity contribution in [1.82, 2.24) is 0 Å². The fourth-order valence-electron chi connectivity index (χ4n) is 3.34. The van der Waals surface area contributed by atoms with Gasteiger partial charge in [-0.05, 0) is 47.4 Å². The first-order valence-electron chi connectivity index (χ1n) is 8.30. The molecule has 0 spiro atoms. The predicted octanol–water partition coefficient (Wildman–Crippen LogP) is 5.12. The summed E-state index contributed by atoms with van der Waals surface area (Å²) in [6, 6.07) is 17.1. The van der Waals surface area contributed by atoms with Crippen molar-refractivity contribution in [2.24, 2.45) is 5.16 Å². The lowest BCUT2D eigenvalue weighted by Crippen LogP contribution is -2.06. The number of hydrogen-bond donors (Lipinski definition) is 0. The molecular weight excluding hydrogens is 394 g/mol. The molecule has 5 heteroatoms. The molecule has 0 atom stereocenters. The average molecular weight is 410 g/mol. The first-order valence-corrected chi connectivity index (χ1v) is 9.10. The molecule has 0 N–H and O–H groups in total. The molecular formula is C21H16BrNO3. The van der Waals surface area contributed by atoms with Gasteiger partial charge in [-0.2, -0.15) is 0 Å². The van der Waals surface area contributed by atoms with Gasteiger partial charge in [-0.1, -0.05) is 57.5 Å². The van der Waals surface area contributed by atoms with E-state index in [0.29, 0.717) is 12.0 Å². The third-order valence-corrected chi connectivity index (χ3v) is 5.33. The van der Waals surface area contributed by atoms with Crippen molar-refractivity contribution >= 4 is 38.4 Å². The zero-order valence-corrected chi connectivity index (χ0v) is 15.7. The van der Waals surface area contributed by atoms with E-state index in [1.165, 1.54) is 0 Å². The zero-order chi connectivity index (χ0) is 18.1. The highest BCUT2D eigenvalue weighted by Gasteiger charge is 2.25. The van der Waals surface area contributed by atoms with Gasteiger partial charge in [-0.15, -0.1) is 0 Å². The average Bonchev–Trinajstić information content (AvgIpc) is 3.11. The second-order valence-corrected chi connectivity index (χ2v) is 6.90. The maximum absolute atomic E-state index is 12.6. The number of rotatable bonds is 3. The molecule has 0 aliphatic heterocycles. The van der Waals surface area contributed by atoms with E-state index in [2.05, 4.69) is 21.1 Å². The van der Waals surface area contributed by atoms with Crippen molar-refractivity contribution in [3.63, 3.8) is 0 Å². The van der Waals surface area contributed by atoms with E-state index in [0.717, 1.165) is 44.3 Å². The molecule has 0 aromatic heterocycles. The number of methoxy groups -OCH3 is 1. The summed E-state index contributed by atoms with van der Waals surface area (Å²) in [5, 5.41) is 6.01. The van der Waals surface area contributed by atoms with Gasteiger partial charge in [-0.25, -0.2) is 4.79 Å². The first-order chi connectivity index (χ1) is 12.7. The number of carbonyl (C=O) groups is 1. The van der Waals surface area contributed by atoms with Crippen LogP contribution in [0.4, 0.5) is 0 Å². The summed E-state index contributed by atoms with van der Waals surface area (Å²) in [7, 11) is 1.63. The van der Waals surface area contributed by atoms with E-state index in [1.807, 2.05) is 48.5 Å². The normalized spacial score (nSPS) is 14.5. The van der Waals surface area contributed by atoms with Crippen molar-refractivity contribution in [2.75, 3.05) is 7.11 Å². The lowest BCUT2D eigenvalue weighted by atomic mass is 10.1. The molecule has 3 aromatic carbocycles. The summed E-state index contributed by atoms with van der Waals surface area (Å²) in [6.07, 6.45) is 1.54. The van der Waals surface area contributed by atoms with Crippen molar-refractivity contribution in [2.45, 2.75) is 12.8 Å². The largest absolute Gasteiger partial charge is 0.496 e. The lowest BCUT2D eigenvalue weighted by molar-refractivity contribution is 0.0518. The van der Waals surface area contributed by atoms with Gasteiger partial charge in [0, 0.05) is 10.0 Å². The third kappa shape index (κ3) is 2.88. The first kappa shape index (κ1) is 16.8. The van der Waals surface area contributed by atoms with Gasteiger partial charge in [-0.3, -0.25) is 0 Å². The highest BCUT2D eigenvalue weighted by Crippen LogP contribution is 2.36. The Morgan fingerprint density at radius 3 is 2.69 bits per heavy atom. The molecule has 130 valence electrons. The number of fused-ring (bicyclic) bond motifs is 2. The topological polar surface area (TPSA) is 47.9 Å². The SMILES string of the molecule is COc1ccc(Br)c2c1/C(=N\OC(=O)c1cccc3ccccc13)CC2. The van der Waals surface area contributed by atoms with E-state index in [9.17, 15) is 4.79 Å².